The van der Waals surface area contributed by atoms with Gasteiger partial charge in [-0.15, -0.1) is 0 Å². The third-order valence-electron chi connectivity index (χ3n) is 4.74. The van der Waals surface area contributed by atoms with E-state index in [4.69, 9.17) is 9.47 Å². The summed E-state index contributed by atoms with van der Waals surface area (Å²) in [7, 11) is -0.730. The highest BCUT2D eigenvalue weighted by Gasteiger charge is 2.25. The van der Waals surface area contributed by atoms with Gasteiger partial charge < -0.3 is 14.4 Å². The lowest BCUT2D eigenvalue weighted by atomic mass is 10.1. The first-order valence-electron chi connectivity index (χ1n) is 9.56. The molecule has 0 amide bonds. The lowest BCUT2D eigenvalue weighted by molar-refractivity contribution is 0.0451. The molecule has 3 rings (SSSR count). The Kier molecular flexibility index (Phi) is 6.76. The Morgan fingerprint density at radius 2 is 1.72 bits per heavy atom. The Hall–Kier alpha value is -2.58. The second kappa shape index (κ2) is 9.28. The van der Waals surface area contributed by atoms with Crippen LogP contribution in [-0.2, 0) is 14.8 Å². The normalized spacial score (nSPS) is 14.2. The molecule has 0 atom stereocenters. The largest absolute Gasteiger partial charge is 0.490 e. The number of rotatable bonds is 8. The number of esters is 1. The third-order valence-corrected chi connectivity index (χ3v) is 6.55. The molecule has 1 aliphatic heterocycles. The molecule has 7 nitrogen and oxygen atoms in total. The summed E-state index contributed by atoms with van der Waals surface area (Å²) in [5.41, 5.74) is 0.962. The van der Waals surface area contributed by atoms with Crippen molar-refractivity contribution in [2.45, 2.75) is 17.7 Å². The lowest BCUT2D eigenvalue weighted by Gasteiger charge is -2.22. The number of nitrogens with zero attached hydrogens (tertiary/aromatic N) is 2. The van der Waals surface area contributed by atoms with E-state index in [1.54, 1.807) is 6.07 Å². The van der Waals surface area contributed by atoms with Crippen molar-refractivity contribution in [3.8, 4) is 5.75 Å². The summed E-state index contributed by atoms with van der Waals surface area (Å²) in [5.74, 6) is 0.139. The summed E-state index contributed by atoms with van der Waals surface area (Å²) in [6.45, 7) is 1.94. The molecular formula is C21H26N2O5S. The average Bonchev–Trinajstić information content (AvgIpc) is 3.26. The number of anilines is 1. The summed E-state index contributed by atoms with van der Waals surface area (Å²) in [4.78, 5) is 14.9. The molecule has 0 aromatic heterocycles. The van der Waals surface area contributed by atoms with Gasteiger partial charge in [0.05, 0.1) is 16.1 Å². The number of sulfonamides is 1. The molecule has 1 aliphatic rings. The number of benzene rings is 2. The minimum absolute atomic E-state index is 0.0673. The number of para-hydroxylation sites is 1. The van der Waals surface area contributed by atoms with Crippen LogP contribution in [0.2, 0.25) is 0 Å². The van der Waals surface area contributed by atoms with Gasteiger partial charge in [-0.3, -0.25) is 0 Å². The zero-order valence-electron chi connectivity index (χ0n) is 16.7. The Morgan fingerprint density at radius 3 is 2.38 bits per heavy atom. The quantitative estimate of drug-likeness (QED) is 0.485. The molecule has 0 aliphatic carbocycles. The van der Waals surface area contributed by atoms with Crippen molar-refractivity contribution in [2.24, 2.45) is 0 Å². The van der Waals surface area contributed by atoms with Crippen LogP contribution >= 0.6 is 0 Å². The predicted octanol–water partition coefficient (Wildman–Crippen LogP) is 2.77. The summed E-state index contributed by atoms with van der Waals surface area (Å²) < 4.78 is 37.0. The first kappa shape index (κ1) is 21.1. The molecule has 2 aromatic carbocycles. The number of carbonyl (C=O) groups excluding carboxylic acids is 1. The Labute approximate surface area is 171 Å². The van der Waals surface area contributed by atoms with E-state index in [9.17, 15) is 13.2 Å². The van der Waals surface area contributed by atoms with E-state index in [0.29, 0.717) is 11.4 Å². The highest BCUT2D eigenvalue weighted by molar-refractivity contribution is 7.89. The summed E-state index contributed by atoms with van der Waals surface area (Å²) in [5, 5.41) is 0. The van der Waals surface area contributed by atoms with Crippen LogP contribution in [0.25, 0.3) is 0 Å². The molecule has 0 radical (unpaired) electrons. The van der Waals surface area contributed by atoms with E-state index in [1.807, 2.05) is 30.3 Å². The highest BCUT2D eigenvalue weighted by atomic mass is 32.2. The number of hydrogen-bond donors (Lipinski definition) is 0. The van der Waals surface area contributed by atoms with Crippen molar-refractivity contribution >= 4 is 21.7 Å². The van der Waals surface area contributed by atoms with Gasteiger partial charge in [0, 0.05) is 27.2 Å². The zero-order chi connectivity index (χ0) is 20.9. The SMILES string of the molecule is CN(C)S(=O)(=O)c1ccc(N2CCCC2)c(C(=O)OCCOc2ccccc2)c1. The molecule has 1 heterocycles. The van der Waals surface area contributed by atoms with Crippen LogP contribution in [0.5, 0.6) is 5.75 Å². The molecule has 0 N–H and O–H groups in total. The highest BCUT2D eigenvalue weighted by Crippen LogP contribution is 2.28. The van der Waals surface area contributed by atoms with Gasteiger partial charge in [0.15, 0.2) is 0 Å². The Bertz CT molecular complexity index is 939. The standard InChI is InChI=1S/C21H26N2O5S/c1-22(2)29(25,26)18-10-11-20(23-12-6-7-13-23)19(16-18)21(24)28-15-14-27-17-8-4-3-5-9-17/h3-5,8-11,16H,6-7,12-15H2,1-2H3. The molecule has 0 spiro atoms. The summed E-state index contributed by atoms with van der Waals surface area (Å²) >= 11 is 0. The fourth-order valence-corrected chi connectivity index (χ4v) is 4.10. The number of hydrogen-bond acceptors (Lipinski definition) is 6. The fraction of sp³-hybridized carbons (Fsp3) is 0.381. The molecule has 2 aromatic rings. The van der Waals surface area contributed by atoms with E-state index in [-0.39, 0.29) is 23.7 Å². The van der Waals surface area contributed by atoms with Gasteiger partial charge in [0.25, 0.3) is 0 Å². The monoisotopic (exact) mass is 418 g/mol. The zero-order valence-corrected chi connectivity index (χ0v) is 17.5. The van der Waals surface area contributed by atoms with Crippen LogP contribution in [0, 0.1) is 0 Å². The van der Waals surface area contributed by atoms with Gasteiger partial charge in [-0.05, 0) is 43.2 Å². The van der Waals surface area contributed by atoms with Crippen LogP contribution in [0.1, 0.15) is 23.2 Å². The topological polar surface area (TPSA) is 76.2 Å². The summed E-state index contributed by atoms with van der Waals surface area (Å²) in [6.07, 6.45) is 2.08. The lowest BCUT2D eigenvalue weighted by Crippen LogP contribution is -2.25. The van der Waals surface area contributed by atoms with Gasteiger partial charge in [-0.1, -0.05) is 18.2 Å². The first-order chi connectivity index (χ1) is 13.9. The molecule has 8 heteroatoms. The van der Waals surface area contributed by atoms with Crippen molar-refractivity contribution in [3.63, 3.8) is 0 Å². The van der Waals surface area contributed by atoms with Crippen LogP contribution in [0.15, 0.2) is 53.4 Å². The fourth-order valence-electron chi connectivity index (χ4n) is 3.17. The molecule has 29 heavy (non-hydrogen) atoms. The second-order valence-corrected chi connectivity index (χ2v) is 9.11. The van der Waals surface area contributed by atoms with Crippen LogP contribution in [-0.4, -0.2) is 59.1 Å². The number of carbonyl (C=O) groups is 1. The Morgan fingerprint density at radius 1 is 1.03 bits per heavy atom. The van der Waals surface area contributed by atoms with E-state index >= 15 is 0 Å². The van der Waals surface area contributed by atoms with Crippen molar-refractivity contribution < 1.29 is 22.7 Å². The molecule has 0 unspecified atom stereocenters. The predicted molar refractivity (Wildman–Crippen MR) is 111 cm³/mol. The van der Waals surface area contributed by atoms with E-state index in [2.05, 4.69) is 4.90 Å². The Balaban J connectivity index is 1.76. The molecule has 0 saturated carbocycles. The van der Waals surface area contributed by atoms with Gasteiger partial charge in [0.2, 0.25) is 10.0 Å². The smallest absolute Gasteiger partial charge is 0.340 e. The van der Waals surface area contributed by atoms with E-state index in [1.165, 1.54) is 26.2 Å². The van der Waals surface area contributed by atoms with Crippen LogP contribution in [0.3, 0.4) is 0 Å². The second-order valence-electron chi connectivity index (χ2n) is 6.96. The summed E-state index contributed by atoms with van der Waals surface area (Å²) in [6, 6.07) is 13.9. The maximum Gasteiger partial charge on any atom is 0.340 e. The maximum atomic E-state index is 12.8. The van der Waals surface area contributed by atoms with Crippen molar-refractivity contribution in [2.75, 3.05) is 45.3 Å². The molecule has 0 bridgehead atoms. The maximum absolute atomic E-state index is 12.8. The molecule has 1 fully saturated rings. The minimum atomic E-state index is -3.65. The third kappa shape index (κ3) is 5.07. The van der Waals surface area contributed by atoms with E-state index < -0.39 is 16.0 Å². The molecule has 156 valence electrons. The first-order valence-corrected chi connectivity index (χ1v) is 11.0. The molecule has 1 saturated heterocycles. The van der Waals surface area contributed by atoms with Gasteiger partial charge in [0.1, 0.15) is 19.0 Å². The molecular weight excluding hydrogens is 392 g/mol. The van der Waals surface area contributed by atoms with Crippen LogP contribution < -0.4 is 9.64 Å². The van der Waals surface area contributed by atoms with Gasteiger partial charge in [-0.2, -0.15) is 0 Å². The van der Waals surface area contributed by atoms with Crippen LogP contribution in [0.4, 0.5) is 5.69 Å². The average molecular weight is 419 g/mol. The van der Waals surface area contributed by atoms with E-state index in [0.717, 1.165) is 30.2 Å². The van der Waals surface area contributed by atoms with Crippen molar-refractivity contribution in [1.82, 2.24) is 4.31 Å². The minimum Gasteiger partial charge on any atom is -0.490 e. The van der Waals surface area contributed by atoms with Crippen molar-refractivity contribution in [1.29, 1.82) is 0 Å². The van der Waals surface area contributed by atoms with Gasteiger partial charge in [-0.25, -0.2) is 17.5 Å². The van der Waals surface area contributed by atoms with Gasteiger partial charge >= 0.3 is 5.97 Å². The van der Waals surface area contributed by atoms with Crippen molar-refractivity contribution in [3.05, 3.63) is 54.1 Å². The number of ether oxygens (including phenoxy) is 2.